The SMILES string of the molecule is Cc1ccc(C2(O)CCN(C(=O)c3cc4c(s3)CCCC4)CC2)nc1. The summed E-state index contributed by atoms with van der Waals surface area (Å²) < 4.78 is 0. The van der Waals surface area contributed by atoms with Gasteiger partial charge in [0.15, 0.2) is 0 Å². The number of nitrogens with zero attached hydrogens (tertiary/aromatic N) is 2. The van der Waals surface area contributed by atoms with Crippen molar-refractivity contribution in [2.75, 3.05) is 13.1 Å². The minimum absolute atomic E-state index is 0.123. The summed E-state index contributed by atoms with van der Waals surface area (Å²) in [4.78, 5) is 21.4. The Labute approximate surface area is 152 Å². The summed E-state index contributed by atoms with van der Waals surface area (Å²) in [5, 5.41) is 10.9. The van der Waals surface area contributed by atoms with Crippen molar-refractivity contribution in [3.8, 4) is 0 Å². The molecule has 3 heterocycles. The van der Waals surface area contributed by atoms with E-state index in [0.717, 1.165) is 29.0 Å². The van der Waals surface area contributed by atoms with Crippen LogP contribution in [0.2, 0.25) is 0 Å². The summed E-state index contributed by atoms with van der Waals surface area (Å²) in [6.07, 6.45) is 7.57. The summed E-state index contributed by atoms with van der Waals surface area (Å²) in [7, 11) is 0. The van der Waals surface area contributed by atoms with Gasteiger partial charge in [0.1, 0.15) is 5.60 Å². The number of hydrogen-bond acceptors (Lipinski definition) is 4. The van der Waals surface area contributed by atoms with Gasteiger partial charge in [-0.2, -0.15) is 0 Å². The number of aryl methyl sites for hydroxylation is 3. The van der Waals surface area contributed by atoms with Gasteiger partial charge < -0.3 is 10.0 Å². The maximum absolute atomic E-state index is 12.8. The normalized spacial score (nSPS) is 19.5. The van der Waals surface area contributed by atoms with E-state index in [-0.39, 0.29) is 5.91 Å². The number of aromatic nitrogens is 1. The Hall–Kier alpha value is -1.72. The van der Waals surface area contributed by atoms with Crippen LogP contribution in [0.4, 0.5) is 0 Å². The summed E-state index contributed by atoms with van der Waals surface area (Å²) in [5.74, 6) is 0.123. The lowest BCUT2D eigenvalue weighted by molar-refractivity contribution is -0.0243. The van der Waals surface area contributed by atoms with Gasteiger partial charge in [0.05, 0.1) is 10.6 Å². The van der Waals surface area contributed by atoms with Gasteiger partial charge in [0, 0.05) is 24.2 Å². The molecule has 5 heteroatoms. The monoisotopic (exact) mass is 356 g/mol. The fourth-order valence-electron chi connectivity index (χ4n) is 3.83. The van der Waals surface area contributed by atoms with Gasteiger partial charge in [-0.05, 0) is 68.7 Å². The smallest absolute Gasteiger partial charge is 0.263 e. The Morgan fingerprint density at radius 3 is 2.68 bits per heavy atom. The van der Waals surface area contributed by atoms with Crippen LogP contribution in [0.5, 0.6) is 0 Å². The fraction of sp³-hybridized carbons (Fsp3) is 0.500. The molecule has 1 fully saturated rings. The lowest BCUT2D eigenvalue weighted by atomic mass is 9.87. The highest BCUT2D eigenvalue weighted by Gasteiger charge is 2.37. The van der Waals surface area contributed by atoms with Gasteiger partial charge >= 0.3 is 0 Å². The number of hydrogen-bond donors (Lipinski definition) is 1. The molecule has 2 aliphatic rings. The molecule has 1 aliphatic carbocycles. The van der Waals surface area contributed by atoms with E-state index in [4.69, 9.17) is 0 Å². The summed E-state index contributed by atoms with van der Waals surface area (Å²) in [6, 6.07) is 5.98. The molecule has 1 saturated heterocycles. The fourth-order valence-corrected chi connectivity index (χ4v) is 5.05. The van der Waals surface area contributed by atoms with Gasteiger partial charge in [0.2, 0.25) is 0 Å². The van der Waals surface area contributed by atoms with Gasteiger partial charge in [-0.15, -0.1) is 11.3 Å². The van der Waals surface area contributed by atoms with E-state index in [0.29, 0.717) is 25.9 Å². The summed E-state index contributed by atoms with van der Waals surface area (Å²) in [6.45, 7) is 3.14. The molecule has 1 N–H and O–H groups in total. The highest BCUT2D eigenvalue weighted by Crippen LogP contribution is 2.34. The number of rotatable bonds is 2. The molecule has 0 unspecified atom stereocenters. The quantitative estimate of drug-likeness (QED) is 0.897. The van der Waals surface area contributed by atoms with Crippen LogP contribution in [0.1, 0.15) is 57.1 Å². The molecular formula is C20H24N2O2S. The minimum Gasteiger partial charge on any atom is -0.383 e. The highest BCUT2D eigenvalue weighted by molar-refractivity contribution is 7.14. The maximum Gasteiger partial charge on any atom is 0.263 e. The molecule has 0 radical (unpaired) electrons. The van der Waals surface area contributed by atoms with E-state index < -0.39 is 5.60 Å². The van der Waals surface area contributed by atoms with Crippen molar-refractivity contribution in [3.05, 3.63) is 51.0 Å². The molecule has 1 aliphatic heterocycles. The third-order valence-electron chi connectivity index (χ3n) is 5.47. The van der Waals surface area contributed by atoms with Crippen LogP contribution in [0.25, 0.3) is 0 Å². The van der Waals surface area contributed by atoms with Crippen LogP contribution >= 0.6 is 11.3 Å². The average Bonchev–Trinajstić information content (AvgIpc) is 3.06. The van der Waals surface area contributed by atoms with Gasteiger partial charge in [0.25, 0.3) is 5.91 Å². The third kappa shape index (κ3) is 3.23. The molecule has 0 aromatic carbocycles. The molecule has 1 amide bonds. The average molecular weight is 356 g/mol. The first-order valence-corrected chi connectivity index (χ1v) is 9.93. The number of amides is 1. The zero-order valence-electron chi connectivity index (χ0n) is 14.6. The molecule has 25 heavy (non-hydrogen) atoms. The largest absolute Gasteiger partial charge is 0.383 e. The van der Waals surface area contributed by atoms with Crippen molar-refractivity contribution in [2.24, 2.45) is 0 Å². The zero-order chi connectivity index (χ0) is 17.4. The van der Waals surface area contributed by atoms with Crippen LogP contribution in [-0.4, -0.2) is 34.0 Å². The molecule has 4 rings (SSSR count). The second kappa shape index (κ2) is 6.54. The number of carbonyl (C=O) groups excluding carboxylic acids is 1. The van der Waals surface area contributed by atoms with E-state index in [2.05, 4.69) is 11.1 Å². The standard InChI is InChI=1S/C20H24N2O2S/c1-14-6-7-18(21-13-14)20(24)8-10-22(11-9-20)19(23)17-12-15-4-2-3-5-16(15)25-17/h6-7,12-13,24H,2-5,8-11H2,1H3. The van der Waals surface area contributed by atoms with Crippen LogP contribution in [0, 0.1) is 6.92 Å². The van der Waals surface area contributed by atoms with Gasteiger partial charge in [-0.25, -0.2) is 0 Å². The number of aliphatic hydroxyl groups is 1. The van der Waals surface area contributed by atoms with Crippen molar-refractivity contribution in [3.63, 3.8) is 0 Å². The second-order valence-electron chi connectivity index (χ2n) is 7.31. The molecule has 132 valence electrons. The molecule has 0 spiro atoms. The Morgan fingerprint density at radius 2 is 2.00 bits per heavy atom. The Kier molecular flexibility index (Phi) is 4.38. The molecule has 2 aromatic rings. The first-order chi connectivity index (χ1) is 12.0. The number of likely N-dealkylation sites (tertiary alicyclic amines) is 1. The van der Waals surface area contributed by atoms with Crippen LogP contribution in [-0.2, 0) is 18.4 Å². The van der Waals surface area contributed by atoms with Crippen molar-refractivity contribution >= 4 is 17.2 Å². The molecule has 4 nitrogen and oxygen atoms in total. The minimum atomic E-state index is -0.917. The van der Waals surface area contributed by atoms with E-state index in [1.807, 2.05) is 24.0 Å². The molecular weight excluding hydrogens is 332 g/mol. The van der Waals surface area contributed by atoms with Crippen molar-refractivity contribution in [2.45, 2.75) is 51.0 Å². The zero-order valence-corrected chi connectivity index (χ0v) is 15.4. The predicted molar refractivity (Wildman–Crippen MR) is 99.0 cm³/mol. The van der Waals surface area contributed by atoms with Crippen molar-refractivity contribution < 1.29 is 9.90 Å². The number of carbonyl (C=O) groups is 1. The Morgan fingerprint density at radius 1 is 1.24 bits per heavy atom. The maximum atomic E-state index is 12.8. The van der Waals surface area contributed by atoms with Crippen LogP contribution in [0.3, 0.4) is 0 Å². The molecule has 0 atom stereocenters. The van der Waals surface area contributed by atoms with Crippen molar-refractivity contribution in [1.29, 1.82) is 0 Å². The number of piperidine rings is 1. The van der Waals surface area contributed by atoms with Gasteiger partial charge in [-0.3, -0.25) is 9.78 Å². The highest BCUT2D eigenvalue weighted by atomic mass is 32.1. The summed E-state index contributed by atoms with van der Waals surface area (Å²) in [5.41, 5.74) is 2.26. The first-order valence-electron chi connectivity index (χ1n) is 9.11. The number of pyridine rings is 1. The number of fused-ring (bicyclic) bond motifs is 1. The lowest BCUT2D eigenvalue weighted by Crippen LogP contribution is -2.45. The van der Waals surface area contributed by atoms with E-state index in [1.54, 1.807) is 17.5 Å². The van der Waals surface area contributed by atoms with Crippen molar-refractivity contribution in [1.82, 2.24) is 9.88 Å². The van der Waals surface area contributed by atoms with E-state index >= 15 is 0 Å². The van der Waals surface area contributed by atoms with E-state index in [1.165, 1.54) is 23.3 Å². The Bertz CT molecular complexity index is 750. The van der Waals surface area contributed by atoms with E-state index in [9.17, 15) is 9.90 Å². The molecule has 0 saturated carbocycles. The Balaban J connectivity index is 1.45. The van der Waals surface area contributed by atoms with Crippen LogP contribution in [0.15, 0.2) is 24.4 Å². The summed E-state index contributed by atoms with van der Waals surface area (Å²) >= 11 is 1.67. The lowest BCUT2D eigenvalue weighted by Gasteiger charge is -2.37. The topological polar surface area (TPSA) is 53.4 Å². The molecule has 0 bridgehead atoms. The molecule has 2 aromatic heterocycles. The second-order valence-corrected chi connectivity index (χ2v) is 8.45. The number of thiophene rings is 1. The third-order valence-corrected chi connectivity index (χ3v) is 6.70. The van der Waals surface area contributed by atoms with Gasteiger partial charge in [-0.1, -0.05) is 6.07 Å². The van der Waals surface area contributed by atoms with Crippen LogP contribution < -0.4 is 0 Å². The first kappa shape index (κ1) is 16.7. The predicted octanol–water partition coefficient (Wildman–Crippen LogP) is 3.45.